The first-order valence-corrected chi connectivity index (χ1v) is 20.3. The van der Waals surface area contributed by atoms with Crippen LogP contribution < -0.4 is 36.5 Å². The molecule has 0 aliphatic carbocycles. The second-order valence-electron chi connectivity index (χ2n) is 17.1. The molecule has 1 unspecified atom stereocenters. The van der Waals surface area contributed by atoms with E-state index < -0.39 is 41.4 Å². The summed E-state index contributed by atoms with van der Waals surface area (Å²) in [6.07, 6.45) is 0.819. The van der Waals surface area contributed by atoms with Crippen molar-refractivity contribution in [1.29, 1.82) is 0 Å². The van der Waals surface area contributed by atoms with E-state index in [1.165, 1.54) is 6.92 Å². The maximum Gasteiger partial charge on any atom is 0.247 e. The lowest BCUT2D eigenvalue weighted by atomic mass is 9.80. The number of carbonyl (C=O) groups is 4. The van der Waals surface area contributed by atoms with Crippen LogP contribution in [0.2, 0.25) is 0 Å². The SMILES string of the molecule is CC(=O)N[C@@H](CC(C)C)C(=O)N[C@@H](CC(C)C)C(=O)N[C@@H](Cc1ccc(OC(C)(C)C)cc1)C(=O)Nc1ccc2c(c1)Oc1cc(N)ccc1C2c1ccccc1CO. The number of hydrogen-bond donors (Lipinski definition) is 6. The minimum atomic E-state index is -1.06. The Labute approximate surface area is 347 Å². The van der Waals surface area contributed by atoms with Gasteiger partial charge in [0.15, 0.2) is 0 Å². The number of nitrogen functional groups attached to an aromatic ring is 1. The lowest BCUT2D eigenvalue weighted by Gasteiger charge is -2.30. The summed E-state index contributed by atoms with van der Waals surface area (Å²) in [5.41, 5.74) is 10.9. The van der Waals surface area contributed by atoms with E-state index in [1.54, 1.807) is 18.2 Å². The van der Waals surface area contributed by atoms with E-state index in [-0.39, 0.29) is 36.7 Å². The average Bonchev–Trinajstić information content (AvgIpc) is 3.15. The van der Waals surface area contributed by atoms with Gasteiger partial charge in [-0.25, -0.2) is 0 Å². The Kier molecular flexibility index (Phi) is 14.4. The van der Waals surface area contributed by atoms with Crippen LogP contribution in [-0.4, -0.2) is 52.5 Å². The van der Waals surface area contributed by atoms with E-state index in [2.05, 4.69) is 21.3 Å². The van der Waals surface area contributed by atoms with Gasteiger partial charge in [0.25, 0.3) is 0 Å². The van der Waals surface area contributed by atoms with Gasteiger partial charge in [0, 0.05) is 53.9 Å². The van der Waals surface area contributed by atoms with E-state index in [0.717, 1.165) is 27.8 Å². The highest BCUT2D eigenvalue weighted by Gasteiger charge is 2.33. The first-order valence-electron chi connectivity index (χ1n) is 20.3. The summed E-state index contributed by atoms with van der Waals surface area (Å²) in [6, 6.07) is 23.1. The minimum Gasteiger partial charge on any atom is -0.488 e. The third-order valence-electron chi connectivity index (χ3n) is 9.86. The molecule has 1 aliphatic heterocycles. The number of anilines is 2. The van der Waals surface area contributed by atoms with Crippen molar-refractivity contribution in [3.63, 3.8) is 0 Å². The summed E-state index contributed by atoms with van der Waals surface area (Å²) in [4.78, 5) is 54.0. The Bertz CT molecular complexity index is 2130. The molecule has 314 valence electrons. The summed E-state index contributed by atoms with van der Waals surface area (Å²) in [6.45, 7) is 14.9. The fourth-order valence-electron chi connectivity index (χ4n) is 7.31. The highest BCUT2D eigenvalue weighted by Crippen LogP contribution is 2.49. The number of aliphatic hydroxyl groups is 1. The lowest BCUT2D eigenvalue weighted by molar-refractivity contribution is -0.133. The number of nitrogens with two attached hydrogens (primary N) is 1. The molecule has 4 amide bonds. The van der Waals surface area contributed by atoms with Crippen LogP contribution in [0.3, 0.4) is 0 Å². The molecule has 0 spiro atoms. The molecule has 0 radical (unpaired) electrons. The molecule has 5 rings (SSSR count). The second-order valence-corrected chi connectivity index (χ2v) is 17.1. The molecule has 1 heterocycles. The Balaban J connectivity index is 1.45. The van der Waals surface area contributed by atoms with Gasteiger partial charge in [0.2, 0.25) is 23.6 Å². The topological polar surface area (TPSA) is 181 Å². The molecule has 4 atom stereocenters. The third kappa shape index (κ3) is 12.1. The van der Waals surface area contributed by atoms with E-state index in [9.17, 15) is 24.3 Å². The normalized spacial score (nSPS) is 14.9. The molecule has 1 aliphatic rings. The molecule has 0 saturated heterocycles. The molecule has 59 heavy (non-hydrogen) atoms. The molecule has 0 fully saturated rings. The molecule has 0 bridgehead atoms. The van der Waals surface area contributed by atoms with Crippen LogP contribution in [0.4, 0.5) is 11.4 Å². The van der Waals surface area contributed by atoms with Crippen LogP contribution in [0.1, 0.15) is 102 Å². The van der Waals surface area contributed by atoms with Gasteiger partial charge in [-0.2, -0.15) is 0 Å². The largest absolute Gasteiger partial charge is 0.488 e. The number of benzene rings is 4. The van der Waals surface area contributed by atoms with Crippen molar-refractivity contribution in [3.05, 3.63) is 113 Å². The van der Waals surface area contributed by atoms with E-state index in [0.29, 0.717) is 41.5 Å². The van der Waals surface area contributed by atoms with Crippen LogP contribution in [0.15, 0.2) is 84.9 Å². The first-order chi connectivity index (χ1) is 27.9. The molecule has 7 N–H and O–H groups in total. The molecule has 12 nitrogen and oxygen atoms in total. The smallest absolute Gasteiger partial charge is 0.247 e. The van der Waals surface area contributed by atoms with Crippen LogP contribution in [0.5, 0.6) is 17.2 Å². The van der Waals surface area contributed by atoms with E-state index >= 15 is 0 Å². The van der Waals surface area contributed by atoms with E-state index in [1.807, 2.05) is 115 Å². The molecule has 0 saturated carbocycles. The van der Waals surface area contributed by atoms with Crippen LogP contribution in [-0.2, 0) is 32.2 Å². The zero-order valence-corrected chi connectivity index (χ0v) is 35.3. The van der Waals surface area contributed by atoms with Gasteiger partial charge >= 0.3 is 0 Å². The quantitative estimate of drug-likeness (QED) is 0.0579. The Morgan fingerprint density at radius 2 is 1.31 bits per heavy atom. The summed E-state index contributed by atoms with van der Waals surface area (Å²) in [7, 11) is 0. The number of nitrogens with one attached hydrogen (secondary N) is 4. The number of amides is 4. The predicted octanol–water partition coefficient (Wildman–Crippen LogP) is 6.97. The Morgan fingerprint density at radius 1 is 0.729 bits per heavy atom. The monoisotopic (exact) mass is 805 g/mol. The summed E-state index contributed by atoms with van der Waals surface area (Å²) < 4.78 is 12.4. The Hall–Kier alpha value is -5.88. The molecular weight excluding hydrogens is 747 g/mol. The number of hydrogen-bond acceptors (Lipinski definition) is 8. The van der Waals surface area contributed by atoms with Crippen molar-refractivity contribution in [3.8, 4) is 17.2 Å². The molecule has 12 heteroatoms. The number of fused-ring (bicyclic) bond motifs is 2. The number of carbonyl (C=O) groups excluding carboxylic acids is 4. The van der Waals surface area contributed by atoms with Crippen LogP contribution in [0, 0.1) is 11.8 Å². The average molecular weight is 806 g/mol. The zero-order valence-electron chi connectivity index (χ0n) is 35.3. The fourth-order valence-corrected chi connectivity index (χ4v) is 7.31. The maximum absolute atomic E-state index is 14.3. The van der Waals surface area contributed by atoms with Gasteiger partial charge in [-0.3, -0.25) is 19.2 Å². The van der Waals surface area contributed by atoms with Crippen molar-refractivity contribution in [2.45, 2.75) is 111 Å². The number of rotatable bonds is 16. The molecule has 0 aromatic heterocycles. The van der Waals surface area contributed by atoms with Crippen molar-refractivity contribution in [1.82, 2.24) is 16.0 Å². The molecule has 4 aromatic rings. The fraction of sp³-hybridized carbons (Fsp3) is 0.404. The highest BCUT2D eigenvalue weighted by atomic mass is 16.5. The highest BCUT2D eigenvalue weighted by molar-refractivity contribution is 5.99. The maximum atomic E-state index is 14.3. The summed E-state index contributed by atoms with van der Waals surface area (Å²) in [5, 5.41) is 21.8. The third-order valence-corrected chi connectivity index (χ3v) is 9.86. The van der Waals surface area contributed by atoms with Gasteiger partial charge in [0.05, 0.1) is 6.61 Å². The zero-order chi connectivity index (χ0) is 43.0. The summed E-state index contributed by atoms with van der Waals surface area (Å²) in [5.74, 6) is -0.258. The first kappa shape index (κ1) is 44.2. The van der Waals surface area contributed by atoms with Crippen molar-refractivity contribution in [2.75, 3.05) is 11.1 Å². The molecule has 4 aromatic carbocycles. The Morgan fingerprint density at radius 3 is 1.90 bits per heavy atom. The standard InChI is InChI=1S/C47H59N5O7/c1-27(2)21-38(49-29(5)54)45(56)51-39(22-28(3)4)46(57)52-40(23-30-13-17-34(18-14-30)59-47(6,7)8)44(55)50-33-16-20-37-42(25-33)58-41-24-32(48)15-19-36(41)43(37)35-12-10-9-11-31(35)26-53/h9-20,24-25,27-28,38-40,43,53H,21-23,26,48H2,1-8H3,(H,49,54)(H,50,55)(H,51,56)(H,52,57)/t38-,39-,40-,43?/m0/s1. The van der Waals surface area contributed by atoms with Crippen molar-refractivity contribution in [2.24, 2.45) is 11.8 Å². The van der Waals surface area contributed by atoms with Gasteiger partial charge < -0.3 is 41.6 Å². The van der Waals surface area contributed by atoms with Gasteiger partial charge in [-0.05, 0) is 86.4 Å². The predicted molar refractivity (Wildman–Crippen MR) is 230 cm³/mol. The number of aliphatic hydroxyl groups excluding tert-OH is 1. The van der Waals surface area contributed by atoms with Crippen LogP contribution in [0.25, 0.3) is 0 Å². The second kappa shape index (κ2) is 19.2. The summed E-state index contributed by atoms with van der Waals surface area (Å²) >= 11 is 0. The van der Waals surface area contributed by atoms with Crippen molar-refractivity contribution >= 4 is 35.0 Å². The van der Waals surface area contributed by atoms with E-state index in [4.69, 9.17) is 15.2 Å². The lowest BCUT2D eigenvalue weighted by Crippen LogP contribution is -2.56. The van der Waals surface area contributed by atoms with Gasteiger partial charge in [-0.1, -0.05) is 76.2 Å². The number of ether oxygens (including phenoxy) is 2. The van der Waals surface area contributed by atoms with Gasteiger partial charge in [-0.15, -0.1) is 0 Å². The van der Waals surface area contributed by atoms with Gasteiger partial charge in [0.1, 0.15) is 41.0 Å². The van der Waals surface area contributed by atoms with Crippen molar-refractivity contribution < 1.29 is 33.8 Å². The van der Waals surface area contributed by atoms with Crippen LogP contribution >= 0.6 is 0 Å². The molecular formula is C47H59N5O7. The minimum absolute atomic E-state index is 0.0159.